The second kappa shape index (κ2) is 10.9. The van der Waals surface area contributed by atoms with E-state index in [0.29, 0.717) is 25.6 Å². The highest BCUT2D eigenvalue weighted by molar-refractivity contribution is 5.86. The van der Waals surface area contributed by atoms with Crippen molar-refractivity contribution >= 4 is 11.9 Å². The van der Waals surface area contributed by atoms with Gasteiger partial charge in [-0.25, -0.2) is 4.99 Å². The number of aromatic nitrogens is 3. The van der Waals surface area contributed by atoms with Gasteiger partial charge in [-0.3, -0.25) is 4.79 Å². The molecule has 0 bridgehead atoms. The maximum Gasteiger partial charge on any atom is 0.241 e. The molecule has 0 spiro atoms. The van der Waals surface area contributed by atoms with E-state index >= 15 is 0 Å². The molecule has 1 amide bonds. The number of nitrogens with zero attached hydrogens (tertiary/aromatic N) is 5. The Hall–Kier alpha value is -3.10. The van der Waals surface area contributed by atoms with Crippen LogP contribution in [0.5, 0.6) is 5.75 Å². The molecular formula is C19H29N7O2. The fourth-order valence-corrected chi connectivity index (χ4v) is 2.43. The Balaban J connectivity index is 1.97. The van der Waals surface area contributed by atoms with Crippen molar-refractivity contribution in [2.75, 3.05) is 34.3 Å². The van der Waals surface area contributed by atoms with Gasteiger partial charge in [-0.05, 0) is 17.7 Å². The van der Waals surface area contributed by atoms with E-state index < -0.39 is 0 Å². The topological polar surface area (TPSA) is 96.7 Å². The van der Waals surface area contributed by atoms with E-state index in [2.05, 4.69) is 25.8 Å². The number of methoxy groups -OCH3 is 1. The minimum atomic E-state index is -0.0222. The van der Waals surface area contributed by atoms with Crippen molar-refractivity contribution in [2.24, 2.45) is 4.99 Å². The normalized spacial score (nSPS) is 11.2. The second-order valence-corrected chi connectivity index (χ2v) is 6.38. The van der Waals surface area contributed by atoms with Crippen LogP contribution in [-0.4, -0.2) is 65.8 Å². The number of carbonyl (C=O) groups is 1. The fraction of sp³-hybridized carbons (Fsp3) is 0.474. The van der Waals surface area contributed by atoms with Crippen LogP contribution in [0.3, 0.4) is 0 Å². The first-order valence-corrected chi connectivity index (χ1v) is 9.25. The van der Waals surface area contributed by atoms with Crippen LogP contribution in [0, 0.1) is 0 Å². The molecule has 0 fully saturated rings. The number of rotatable bonds is 9. The van der Waals surface area contributed by atoms with Gasteiger partial charge in [0.1, 0.15) is 17.9 Å². The number of likely N-dealkylation sites (N-methyl/N-ethyl adjacent to an activating group) is 1. The van der Waals surface area contributed by atoms with Crippen LogP contribution in [0.25, 0.3) is 0 Å². The summed E-state index contributed by atoms with van der Waals surface area (Å²) in [7, 11) is 5.09. The molecule has 0 unspecified atom stereocenters. The van der Waals surface area contributed by atoms with Gasteiger partial charge in [0, 0.05) is 33.6 Å². The summed E-state index contributed by atoms with van der Waals surface area (Å²) >= 11 is 0. The molecule has 0 saturated carbocycles. The third-order valence-electron chi connectivity index (χ3n) is 4.14. The lowest BCUT2D eigenvalue weighted by molar-refractivity contribution is -0.127. The Morgan fingerprint density at radius 2 is 2.00 bits per heavy atom. The minimum Gasteiger partial charge on any atom is -0.497 e. The van der Waals surface area contributed by atoms with Gasteiger partial charge in [-0.1, -0.05) is 19.1 Å². The zero-order valence-electron chi connectivity index (χ0n) is 17.0. The van der Waals surface area contributed by atoms with E-state index in [1.165, 1.54) is 0 Å². The molecule has 1 aromatic carbocycles. The molecule has 2 aromatic rings. The lowest BCUT2D eigenvalue weighted by Gasteiger charge is -2.15. The molecule has 2 N–H and O–H groups in total. The van der Waals surface area contributed by atoms with Gasteiger partial charge in [-0.15, -0.1) is 10.2 Å². The quantitative estimate of drug-likeness (QED) is 0.485. The molecular weight excluding hydrogens is 358 g/mol. The number of guanidine groups is 1. The average molecular weight is 387 g/mol. The van der Waals surface area contributed by atoms with Gasteiger partial charge in [-0.2, -0.15) is 0 Å². The molecule has 1 heterocycles. The van der Waals surface area contributed by atoms with Crippen LogP contribution in [0.15, 0.2) is 35.6 Å². The SMILES string of the molecule is CCc1nncn1CCNC(=NCc1ccc(OC)cc1)NCC(=O)N(C)C. The van der Waals surface area contributed by atoms with Crippen molar-refractivity contribution in [1.29, 1.82) is 0 Å². The third-order valence-corrected chi connectivity index (χ3v) is 4.14. The van der Waals surface area contributed by atoms with E-state index in [0.717, 1.165) is 23.6 Å². The van der Waals surface area contributed by atoms with Crippen LogP contribution >= 0.6 is 0 Å². The highest BCUT2D eigenvalue weighted by Gasteiger charge is 2.07. The zero-order chi connectivity index (χ0) is 20.4. The average Bonchev–Trinajstić information content (AvgIpc) is 3.17. The van der Waals surface area contributed by atoms with Crippen molar-refractivity contribution in [3.63, 3.8) is 0 Å². The number of hydrogen-bond acceptors (Lipinski definition) is 5. The van der Waals surface area contributed by atoms with Crippen LogP contribution in [0.1, 0.15) is 18.3 Å². The van der Waals surface area contributed by atoms with Crippen LogP contribution in [-0.2, 0) is 24.3 Å². The molecule has 152 valence electrons. The highest BCUT2D eigenvalue weighted by Crippen LogP contribution is 2.11. The highest BCUT2D eigenvalue weighted by atomic mass is 16.5. The molecule has 9 nitrogen and oxygen atoms in total. The Kier molecular flexibility index (Phi) is 8.26. The first kappa shape index (κ1) is 21.2. The van der Waals surface area contributed by atoms with Gasteiger partial charge < -0.3 is 24.8 Å². The monoisotopic (exact) mass is 387 g/mol. The molecule has 2 rings (SSSR count). The van der Waals surface area contributed by atoms with Crippen molar-refractivity contribution < 1.29 is 9.53 Å². The summed E-state index contributed by atoms with van der Waals surface area (Å²) in [5.74, 6) is 2.30. The summed E-state index contributed by atoms with van der Waals surface area (Å²) in [6.07, 6.45) is 2.55. The predicted molar refractivity (Wildman–Crippen MR) is 108 cm³/mol. The number of aryl methyl sites for hydroxylation is 1. The van der Waals surface area contributed by atoms with Crippen molar-refractivity contribution in [3.8, 4) is 5.75 Å². The summed E-state index contributed by atoms with van der Waals surface area (Å²) in [6.45, 7) is 4.05. The summed E-state index contributed by atoms with van der Waals surface area (Å²) in [5, 5.41) is 14.4. The first-order chi connectivity index (χ1) is 13.5. The van der Waals surface area contributed by atoms with Crippen molar-refractivity contribution in [3.05, 3.63) is 42.0 Å². The molecule has 0 aliphatic heterocycles. The largest absolute Gasteiger partial charge is 0.497 e. The Bertz CT molecular complexity index is 769. The van der Waals surface area contributed by atoms with Crippen molar-refractivity contribution in [1.82, 2.24) is 30.3 Å². The van der Waals surface area contributed by atoms with Gasteiger partial charge in [0.25, 0.3) is 0 Å². The summed E-state index contributed by atoms with van der Waals surface area (Å²) in [6, 6.07) is 7.74. The summed E-state index contributed by atoms with van der Waals surface area (Å²) in [4.78, 5) is 18.0. The fourth-order valence-electron chi connectivity index (χ4n) is 2.43. The predicted octanol–water partition coefficient (Wildman–Crippen LogP) is 0.673. The van der Waals surface area contributed by atoms with Gasteiger partial charge in [0.2, 0.25) is 5.91 Å². The van der Waals surface area contributed by atoms with Crippen LogP contribution < -0.4 is 15.4 Å². The molecule has 0 atom stereocenters. The number of aliphatic imine (C=N–C) groups is 1. The lowest BCUT2D eigenvalue weighted by atomic mass is 10.2. The maximum absolute atomic E-state index is 11.9. The van der Waals surface area contributed by atoms with E-state index in [1.54, 1.807) is 32.4 Å². The molecule has 0 aliphatic rings. The molecule has 1 aromatic heterocycles. The van der Waals surface area contributed by atoms with E-state index in [9.17, 15) is 4.79 Å². The van der Waals surface area contributed by atoms with Gasteiger partial charge in [0.15, 0.2) is 5.96 Å². The number of nitrogens with one attached hydrogen (secondary N) is 2. The number of ether oxygens (including phenoxy) is 1. The summed E-state index contributed by atoms with van der Waals surface area (Å²) in [5.41, 5.74) is 1.05. The van der Waals surface area contributed by atoms with E-state index in [-0.39, 0.29) is 12.5 Å². The molecule has 28 heavy (non-hydrogen) atoms. The maximum atomic E-state index is 11.9. The van der Waals surface area contributed by atoms with Crippen LogP contribution in [0.4, 0.5) is 0 Å². The smallest absolute Gasteiger partial charge is 0.241 e. The Morgan fingerprint density at radius 1 is 1.25 bits per heavy atom. The number of hydrogen-bond donors (Lipinski definition) is 2. The Labute approximate surface area is 165 Å². The van der Waals surface area contributed by atoms with Crippen molar-refractivity contribution in [2.45, 2.75) is 26.4 Å². The Morgan fingerprint density at radius 3 is 2.64 bits per heavy atom. The van der Waals surface area contributed by atoms with Crippen LogP contribution in [0.2, 0.25) is 0 Å². The molecule has 0 radical (unpaired) electrons. The number of amides is 1. The van der Waals surface area contributed by atoms with E-state index in [1.807, 2.05) is 35.8 Å². The summed E-state index contributed by atoms with van der Waals surface area (Å²) < 4.78 is 7.17. The third kappa shape index (κ3) is 6.57. The molecule has 0 saturated heterocycles. The lowest BCUT2D eigenvalue weighted by Crippen LogP contribution is -2.43. The zero-order valence-corrected chi connectivity index (χ0v) is 17.0. The van der Waals surface area contributed by atoms with E-state index in [4.69, 9.17) is 4.74 Å². The molecule has 0 aliphatic carbocycles. The first-order valence-electron chi connectivity index (χ1n) is 9.25. The molecule has 9 heteroatoms. The number of benzene rings is 1. The number of carbonyl (C=O) groups excluding carboxylic acids is 1. The standard InChI is InChI=1S/C19H29N7O2/c1-5-17-24-23-14-26(17)11-10-20-19(22-13-18(27)25(2)3)21-12-15-6-8-16(28-4)9-7-15/h6-9,14H,5,10-13H2,1-4H3,(H2,20,21,22). The van der Waals surface area contributed by atoms with Gasteiger partial charge in [0.05, 0.1) is 20.2 Å². The second-order valence-electron chi connectivity index (χ2n) is 6.38. The van der Waals surface area contributed by atoms with Gasteiger partial charge >= 0.3 is 0 Å². The minimum absolute atomic E-state index is 0.0222.